The monoisotopic (exact) mass is 247 g/mol. The highest BCUT2D eigenvalue weighted by molar-refractivity contribution is 5.95. The van der Waals surface area contributed by atoms with Gasteiger partial charge in [-0.1, -0.05) is 0 Å². The van der Waals surface area contributed by atoms with Gasteiger partial charge in [0.15, 0.2) is 0 Å². The maximum atomic E-state index is 13.5. The Bertz CT molecular complexity index is 517. The van der Waals surface area contributed by atoms with Crippen LogP contribution in [-0.2, 0) is 0 Å². The van der Waals surface area contributed by atoms with E-state index in [1.165, 1.54) is 23.2 Å². The van der Waals surface area contributed by atoms with E-state index in [1.54, 1.807) is 13.8 Å². The second-order valence-corrected chi connectivity index (χ2v) is 4.92. The van der Waals surface area contributed by atoms with Crippen molar-refractivity contribution in [2.75, 3.05) is 0 Å². The first-order valence-corrected chi connectivity index (χ1v) is 5.83. The molecule has 0 spiro atoms. The lowest BCUT2D eigenvalue weighted by molar-refractivity contribution is 0.0609. The van der Waals surface area contributed by atoms with Crippen molar-refractivity contribution in [3.63, 3.8) is 0 Å². The average molecular weight is 247 g/mol. The Kier molecular flexibility index (Phi) is 3.04. The zero-order valence-corrected chi connectivity index (χ0v) is 10.4. The lowest BCUT2D eigenvalue weighted by Crippen LogP contribution is -2.48. The summed E-state index contributed by atoms with van der Waals surface area (Å²) in [5, 5.41) is 9.15. The van der Waals surface area contributed by atoms with E-state index < -0.39 is 17.4 Å². The third-order valence-corrected chi connectivity index (χ3v) is 3.00. The SMILES string of the molecule is CC(C)(C#N)N(C(=O)c1cccnc1F)C1CC1. The minimum Gasteiger partial charge on any atom is -0.317 e. The molecule has 94 valence electrons. The first-order chi connectivity index (χ1) is 8.47. The van der Waals surface area contributed by atoms with Crippen LogP contribution in [-0.4, -0.2) is 27.4 Å². The molecule has 2 rings (SSSR count). The van der Waals surface area contributed by atoms with Gasteiger partial charge in [-0.2, -0.15) is 9.65 Å². The summed E-state index contributed by atoms with van der Waals surface area (Å²) in [6, 6.07) is 5.04. The van der Waals surface area contributed by atoms with Crippen LogP contribution in [0.5, 0.6) is 0 Å². The van der Waals surface area contributed by atoms with E-state index in [1.807, 2.05) is 0 Å². The van der Waals surface area contributed by atoms with E-state index in [4.69, 9.17) is 5.26 Å². The number of aromatic nitrogens is 1. The van der Waals surface area contributed by atoms with E-state index >= 15 is 0 Å². The Morgan fingerprint density at radius 3 is 2.78 bits per heavy atom. The van der Waals surface area contributed by atoms with Crippen LogP contribution < -0.4 is 0 Å². The zero-order chi connectivity index (χ0) is 13.3. The van der Waals surface area contributed by atoms with Crippen LogP contribution in [0.25, 0.3) is 0 Å². The van der Waals surface area contributed by atoms with E-state index in [0.717, 1.165) is 12.8 Å². The summed E-state index contributed by atoms with van der Waals surface area (Å²) in [4.78, 5) is 17.3. The van der Waals surface area contributed by atoms with Crippen molar-refractivity contribution < 1.29 is 9.18 Å². The molecule has 0 bridgehead atoms. The Morgan fingerprint density at radius 1 is 1.61 bits per heavy atom. The van der Waals surface area contributed by atoms with E-state index in [-0.39, 0.29) is 11.6 Å². The average Bonchev–Trinajstić information content (AvgIpc) is 3.14. The van der Waals surface area contributed by atoms with Crippen LogP contribution in [0.2, 0.25) is 0 Å². The van der Waals surface area contributed by atoms with Crippen molar-refractivity contribution in [2.45, 2.75) is 38.3 Å². The molecule has 1 aliphatic rings. The van der Waals surface area contributed by atoms with Crippen LogP contribution >= 0.6 is 0 Å². The molecule has 4 nitrogen and oxygen atoms in total. The number of carbonyl (C=O) groups excluding carboxylic acids is 1. The molecule has 1 fully saturated rings. The molecular formula is C13H14FN3O. The molecule has 1 amide bonds. The fourth-order valence-corrected chi connectivity index (χ4v) is 1.94. The number of halogens is 1. The standard InChI is InChI=1S/C13H14FN3O/c1-13(2,8-15)17(9-5-6-9)12(18)10-4-3-7-16-11(10)14/h3-4,7,9H,5-6H2,1-2H3. The fourth-order valence-electron chi connectivity index (χ4n) is 1.94. The number of hydrogen-bond donors (Lipinski definition) is 0. The number of nitrogens with zero attached hydrogens (tertiary/aromatic N) is 3. The van der Waals surface area contributed by atoms with Crippen molar-refractivity contribution in [1.29, 1.82) is 5.26 Å². The van der Waals surface area contributed by atoms with Gasteiger partial charge in [0.25, 0.3) is 5.91 Å². The summed E-state index contributed by atoms with van der Waals surface area (Å²) < 4.78 is 13.5. The highest BCUT2D eigenvalue weighted by atomic mass is 19.1. The van der Waals surface area contributed by atoms with Gasteiger partial charge in [-0.3, -0.25) is 4.79 Å². The first kappa shape index (κ1) is 12.5. The van der Waals surface area contributed by atoms with Gasteiger partial charge < -0.3 is 4.90 Å². The lowest BCUT2D eigenvalue weighted by Gasteiger charge is -2.33. The van der Waals surface area contributed by atoms with Crippen LogP contribution in [0.15, 0.2) is 18.3 Å². The first-order valence-electron chi connectivity index (χ1n) is 5.83. The minimum atomic E-state index is -0.944. The van der Waals surface area contributed by atoms with Crippen molar-refractivity contribution in [3.05, 3.63) is 29.8 Å². The van der Waals surface area contributed by atoms with E-state index in [9.17, 15) is 9.18 Å². The Balaban J connectivity index is 2.37. The molecule has 5 heteroatoms. The fraction of sp³-hybridized carbons (Fsp3) is 0.462. The number of rotatable bonds is 3. The van der Waals surface area contributed by atoms with Crippen molar-refractivity contribution >= 4 is 5.91 Å². The molecule has 1 heterocycles. The van der Waals surface area contributed by atoms with Gasteiger partial charge in [-0.15, -0.1) is 0 Å². The molecule has 1 aromatic heterocycles. The Morgan fingerprint density at radius 2 is 2.28 bits per heavy atom. The summed E-state index contributed by atoms with van der Waals surface area (Å²) in [6.45, 7) is 3.33. The van der Waals surface area contributed by atoms with E-state index in [2.05, 4.69) is 11.1 Å². The van der Waals surface area contributed by atoms with Crippen molar-refractivity contribution in [3.8, 4) is 6.07 Å². The second-order valence-electron chi connectivity index (χ2n) is 4.92. The summed E-state index contributed by atoms with van der Waals surface area (Å²) in [5.41, 5.74) is -1.02. The summed E-state index contributed by atoms with van der Waals surface area (Å²) in [7, 11) is 0. The van der Waals surface area contributed by atoms with Crippen LogP contribution in [0.3, 0.4) is 0 Å². The molecule has 1 saturated carbocycles. The van der Waals surface area contributed by atoms with E-state index in [0.29, 0.717) is 0 Å². The Labute approximate surface area is 105 Å². The molecule has 1 aliphatic carbocycles. The highest BCUT2D eigenvalue weighted by Crippen LogP contribution is 2.34. The number of amides is 1. The predicted octanol–water partition coefficient (Wildman–Crippen LogP) is 2.13. The topological polar surface area (TPSA) is 57.0 Å². The lowest BCUT2D eigenvalue weighted by atomic mass is 10.0. The molecule has 0 atom stereocenters. The van der Waals surface area contributed by atoms with Gasteiger partial charge in [0, 0.05) is 12.2 Å². The molecule has 0 aliphatic heterocycles. The van der Waals surface area contributed by atoms with Gasteiger partial charge in [0.05, 0.1) is 11.6 Å². The zero-order valence-electron chi connectivity index (χ0n) is 10.4. The third-order valence-electron chi connectivity index (χ3n) is 3.00. The van der Waals surface area contributed by atoms with Gasteiger partial charge in [0.2, 0.25) is 5.95 Å². The smallest absolute Gasteiger partial charge is 0.260 e. The molecule has 0 radical (unpaired) electrons. The normalized spacial score (nSPS) is 15.0. The molecule has 0 unspecified atom stereocenters. The summed E-state index contributed by atoms with van der Waals surface area (Å²) >= 11 is 0. The number of hydrogen-bond acceptors (Lipinski definition) is 3. The van der Waals surface area contributed by atoms with Crippen LogP contribution in [0.4, 0.5) is 4.39 Å². The highest BCUT2D eigenvalue weighted by Gasteiger charge is 2.42. The van der Waals surface area contributed by atoms with Crippen molar-refractivity contribution in [2.24, 2.45) is 0 Å². The molecular weight excluding hydrogens is 233 g/mol. The maximum Gasteiger partial charge on any atom is 0.260 e. The molecule has 0 aromatic carbocycles. The minimum absolute atomic E-state index is 0.0340. The largest absolute Gasteiger partial charge is 0.317 e. The molecule has 0 N–H and O–H groups in total. The Hall–Kier alpha value is -1.96. The number of carbonyl (C=O) groups is 1. The summed E-state index contributed by atoms with van der Waals surface area (Å²) in [6.07, 6.45) is 3.01. The van der Waals surface area contributed by atoms with Gasteiger partial charge in [0.1, 0.15) is 5.54 Å². The molecule has 0 saturated heterocycles. The number of nitriles is 1. The summed E-state index contributed by atoms with van der Waals surface area (Å²) in [5.74, 6) is -1.25. The quantitative estimate of drug-likeness (QED) is 0.769. The van der Waals surface area contributed by atoms with Crippen LogP contribution in [0.1, 0.15) is 37.0 Å². The van der Waals surface area contributed by atoms with Gasteiger partial charge >= 0.3 is 0 Å². The third kappa shape index (κ3) is 2.19. The molecule has 1 aromatic rings. The van der Waals surface area contributed by atoms with Gasteiger partial charge in [-0.05, 0) is 38.8 Å². The van der Waals surface area contributed by atoms with Crippen molar-refractivity contribution in [1.82, 2.24) is 9.88 Å². The maximum absolute atomic E-state index is 13.5. The van der Waals surface area contributed by atoms with Gasteiger partial charge in [-0.25, -0.2) is 4.98 Å². The number of pyridine rings is 1. The second kappa shape index (κ2) is 4.37. The van der Waals surface area contributed by atoms with Crippen LogP contribution in [0, 0.1) is 17.3 Å². The predicted molar refractivity (Wildman–Crippen MR) is 63.1 cm³/mol. The molecule has 18 heavy (non-hydrogen) atoms.